The minimum absolute atomic E-state index is 0.0872. The summed E-state index contributed by atoms with van der Waals surface area (Å²) in [6.07, 6.45) is 0.839. The second-order valence-corrected chi connectivity index (χ2v) is 6.76. The minimum Gasteiger partial charge on any atom is -0.385 e. The second kappa shape index (κ2) is 9.58. The molecule has 7 heteroatoms. The molecule has 0 bridgehead atoms. The Morgan fingerprint density at radius 3 is 2.76 bits per heavy atom. The zero-order valence-corrected chi connectivity index (χ0v) is 16.2. The summed E-state index contributed by atoms with van der Waals surface area (Å²) in [5, 5.41) is 9.43. The van der Waals surface area contributed by atoms with Crippen molar-refractivity contribution in [2.24, 2.45) is 0 Å². The molecular formula is C18H26N4O2S. The standard InChI is InChI=1S/C18H26N4O2S/c1-5-22-17(15-10-7-6-9-14(15)2)19-20-18(22)25-13-16(23)21(3)11-8-12-24-4/h6-7,9-10H,5,8,11-13H2,1-4H3. The maximum atomic E-state index is 12.2. The highest BCUT2D eigenvalue weighted by molar-refractivity contribution is 7.99. The van der Waals surface area contributed by atoms with Crippen LogP contribution in [0.3, 0.4) is 0 Å². The van der Waals surface area contributed by atoms with Crippen LogP contribution in [0.1, 0.15) is 18.9 Å². The maximum Gasteiger partial charge on any atom is 0.232 e. The van der Waals surface area contributed by atoms with Gasteiger partial charge in [0.15, 0.2) is 11.0 Å². The molecule has 1 heterocycles. The average Bonchev–Trinajstić information content (AvgIpc) is 3.02. The number of amides is 1. The van der Waals surface area contributed by atoms with Crippen LogP contribution in [-0.2, 0) is 16.1 Å². The molecule has 0 unspecified atom stereocenters. The SMILES string of the molecule is CCn1c(SCC(=O)N(C)CCCOC)nnc1-c1ccccc1C. The van der Waals surface area contributed by atoms with Gasteiger partial charge in [-0.3, -0.25) is 4.79 Å². The molecule has 0 fully saturated rings. The summed E-state index contributed by atoms with van der Waals surface area (Å²) in [5.74, 6) is 1.29. The molecular weight excluding hydrogens is 336 g/mol. The van der Waals surface area contributed by atoms with Crippen LogP contribution in [0.2, 0.25) is 0 Å². The largest absolute Gasteiger partial charge is 0.385 e. The third-order valence-electron chi connectivity index (χ3n) is 4.01. The lowest BCUT2D eigenvalue weighted by molar-refractivity contribution is -0.127. The molecule has 0 atom stereocenters. The van der Waals surface area contributed by atoms with Crippen LogP contribution in [0.4, 0.5) is 0 Å². The van der Waals surface area contributed by atoms with Gasteiger partial charge in [0.25, 0.3) is 0 Å². The Morgan fingerprint density at radius 1 is 1.32 bits per heavy atom. The van der Waals surface area contributed by atoms with Crippen molar-refractivity contribution in [3.8, 4) is 11.4 Å². The molecule has 0 aliphatic rings. The number of aromatic nitrogens is 3. The van der Waals surface area contributed by atoms with Gasteiger partial charge in [0.2, 0.25) is 5.91 Å². The molecule has 6 nitrogen and oxygen atoms in total. The molecule has 2 aromatic rings. The molecule has 2 rings (SSSR count). The highest BCUT2D eigenvalue weighted by Gasteiger charge is 2.16. The topological polar surface area (TPSA) is 60.2 Å². The third-order valence-corrected chi connectivity index (χ3v) is 4.96. The minimum atomic E-state index is 0.0872. The van der Waals surface area contributed by atoms with Crippen LogP contribution in [-0.4, -0.2) is 58.6 Å². The molecule has 0 N–H and O–H groups in total. The maximum absolute atomic E-state index is 12.2. The lowest BCUT2D eigenvalue weighted by atomic mass is 10.1. The van der Waals surface area contributed by atoms with E-state index in [-0.39, 0.29) is 5.91 Å². The van der Waals surface area contributed by atoms with E-state index in [4.69, 9.17) is 4.74 Å². The van der Waals surface area contributed by atoms with Crippen LogP contribution in [0.15, 0.2) is 29.4 Å². The van der Waals surface area contributed by atoms with E-state index in [9.17, 15) is 4.79 Å². The molecule has 136 valence electrons. The molecule has 1 amide bonds. The normalized spacial score (nSPS) is 10.9. The van der Waals surface area contributed by atoms with Gasteiger partial charge >= 0.3 is 0 Å². The summed E-state index contributed by atoms with van der Waals surface area (Å²) in [6, 6.07) is 8.13. The van der Waals surface area contributed by atoms with Crippen LogP contribution in [0, 0.1) is 6.92 Å². The van der Waals surface area contributed by atoms with E-state index >= 15 is 0 Å². The van der Waals surface area contributed by atoms with Crippen LogP contribution in [0.25, 0.3) is 11.4 Å². The summed E-state index contributed by atoms with van der Waals surface area (Å²) in [6.45, 7) is 6.25. The monoisotopic (exact) mass is 362 g/mol. The molecule has 0 radical (unpaired) electrons. The summed E-state index contributed by atoms with van der Waals surface area (Å²) in [4.78, 5) is 14.0. The van der Waals surface area contributed by atoms with Gasteiger partial charge in [-0.25, -0.2) is 0 Å². The number of rotatable bonds is 9. The Balaban J connectivity index is 2.04. The zero-order chi connectivity index (χ0) is 18.2. The number of aryl methyl sites for hydroxylation is 1. The summed E-state index contributed by atoms with van der Waals surface area (Å²) < 4.78 is 7.08. The summed E-state index contributed by atoms with van der Waals surface area (Å²) in [7, 11) is 3.49. The number of hydrogen-bond donors (Lipinski definition) is 0. The van der Waals surface area contributed by atoms with Crippen molar-refractivity contribution in [1.29, 1.82) is 0 Å². The second-order valence-electron chi connectivity index (χ2n) is 5.82. The van der Waals surface area contributed by atoms with Crippen molar-refractivity contribution < 1.29 is 9.53 Å². The van der Waals surface area contributed by atoms with Crippen LogP contribution >= 0.6 is 11.8 Å². The van der Waals surface area contributed by atoms with E-state index in [0.29, 0.717) is 18.9 Å². The fourth-order valence-corrected chi connectivity index (χ4v) is 3.45. The molecule has 1 aromatic carbocycles. The first-order chi connectivity index (χ1) is 12.1. The lowest BCUT2D eigenvalue weighted by Gasteiger charge is -2.16. The molecule has 25 heavy (non-hydrogen) atoms. The Labute approximate surface area is 153 Å². The molecule has 0 saturated carbocycles. The number of ether oxygens (including phenoxy) is 1. The van der Waals surface area contributed by atoms with E-state index in [2.05, 4.69) is 40.7 Å². The first-order valence-corrected chi connectivity index (χ1v) is 9.42. The quantitative estimate of drug-likeness (QED) is 0.507. The van der Waals surface area contributed by atoms with Crippen molar-refractivity contribution in [1.82, 2.24) is 19.7 Å². The van der Waals surface area contributed by atoms with Gasteiger partial charge in [-0.15, -0.1) is 10.2 Å². The Hall–Kier alpha value is -1.86. The van der Waals surface area contributed by atoms with Crippen molar-refractivity contribution in [3.05, 3.63) is 29.8 Å². The third kappa shape index (κ3) is 5.06. The van der Waals surface area contributed by atoms with E-state index in [1.54, 1.807) is 12.0 Å². The number of hydrogen-bond acceptors (Lipinski definition) is 5. The first-order valence-electron chi connectivity index (χ1n) is 8.43. The predicted octanol–water partition coefficient (Wildman–Crippen LogP) is 2.86. The van der Waals surface area contributed by atoms with Crippen LogP contribution < -0.4 is 0 Å². The summed E-state index contributed by atoms with van der Waals surface area (Å²) in [5.41, 5.74) is 2.24. The van der Waals surface area contributed by atoms with Crippen LogP contribution in [0.5, 0.6) is 0 Å². The van der Waals surface area contributed by atoms with E-state index in [1.807, 2.05) is 19.2 Å². The Kier molecular flexibility index (Phi) is 7.46. The number of methoxy groups -OCH3 is 1. The van der Waals surface area contributed by atoms with Gasteiger partial charge in [0.1, 0.15) is 0 Å². The van der Waals surface area contributed by atoms with Crippen molar-refractivity contribution in [2.45, 2.75) is 32.0 Å². The summed E-state index contributed by atoms with van der Waals surface area (Å²) >= 11 is 1.44. The van der Waals surface area contributed by atoms with E-state index in [0.717, 1.165) is 35.1 Å². The van der Waals surface area contributed by atoms with Gasteiger partial charge in [-0.2, -0.15) is 0 Å². The number of carbonyl (C=O) groups is 1. The van der Waals surface area contributed by atoms with Crippen molar-refractivity contribution in [2.75, 3.05) is 33.1 Å². The van der Waals surface area contributed by atoms with E-state index in [1.165, 1.54) is 11.8 Å². The first kappa shape index (κ1) is 19.5. The Bertz CT molecular complexity index is 702. The zero-order valence-electron chi connectivity index (χ0n) is 15.4. The Morgan fingerprint density at radius 2 is 2.08 bits per heavy atom. The van der Waals surface area contributed by atoms with Gasteiger partial charge in [0.05, 0.1) is 5.75 Å². The fourth-order valence-electron chi connectivity index (χ4n) is 2.51. The molecule has 0 spiro atoms. The van der Waals surface area contributed by atoms with Crippen molar-refractivity contribution >= 4 is 17.7 Å². The van der Waals surface area contributed by atoms with E-state index < -0.39 is 0 Å². The molecule has 0 aliphatic carbocycles. The molecule has 0 saturated heterocycles. The number of benzene rings is 1. The highest BCUT2D eigenvalue weighted by Crippen LogP contribution is 2.26. The molecule has 1 aromatic heterocycles. The van der Waals surface area contributed by atoms with Gasteiger partial charge in [-0.1, -0.05) is 36.0 Å². The molecule has 0 aliphatic heterocycles. The van der Waals surface area contributed by atoms with Gasteiger partial charge < -0.3 is 14.2 Å². The predicted molar refractivity (Wildman–Crippen MR) is 101 cm³/mol. The highest BCUT2D eigenvalue weighted by atomic mass is 32.2. The number of carbonyl (C=O) groups excluding carboxylic acids is 1. The average molecular weight is 362 g/mol. The lowest BCUT2D eigenvalue weighted by Crippen LogP contribution is -2.30. The smallest absolute Gasteiger partial charge is 0.232 e. The van der Waals surface area contributed by atoms with Crippen molar-refractivity contribution in [3.63, 3.8) is 0 Å². The fraction of sp³-hybridized carbons (Fsp3) is 0.500. The number of nitrogens with zero attached hydrogens (tertiary/aromatic N) is 4. The number of thioether (sulfide) groups is 1. The van der Waals surface area contributed by atoms with Gasteiger partial charge in [0, 0.05) is 39.4 Å². The van der Waals surface area contributed by atoms with Gasteiger partial charge in [-0.05, 0) is 25.8 Å².